The van der Waals surface area contributed by atoms with Gasteiger partial charge in [0.15, 0.2) is 0 Å². The zero-order valence-electron chi connectivity index (χ0n) is 10.9. The number of nitrogens with zero attached hydrogens (tertiary/aromatic N) is 2. The number of pyridine rings is 1. The molecule has 0 aliphatic carbocycles. The molecule has 2 N–H and O–H groups in total. The summed E-state index contributed by atoms with van der Waals surface area (Å²) in [6, 6.07) is 1.61. The van der Waals surface area contributed by atoms with Crippen molar-refractivity contribution in [3.63, 3.8) is 0 Å². The third-order valence-electron chi connectivity index (χ3n) is 3.17. The Morgan fingerprint density at radius 2 is 2.28 bits per heavy atom. The third kappa shape index (κ3) is 3.16. The first-order valence-electron chi connectivity index (χ1n) is 5.92. The van der Waals surface area contributed by atoms with Gasteiger partial charge >= 0.3 is 5.69 Å². The maximum Gasteiger partial charge on any atom is 0.314 e. The molecule has 1 aromatic rings. The SMILES string of the molecule is CCC(C)(CCO)Nc1nccc(C)c1[N+](=O)[O-]. The molecule has 0 aromatic carbocycles. The van der Waals surface area contributed by atoms with Crippen molar-refractivity contribution in [2.45, 2.75) is 39.2 Å². The van der Waals surface area contributed by atoms with Gasteiger partial charge in [-0.15, -0.1) is 0 Å². The zero-order valence-corrected chi connectivity index (χ0v) is 10.9. The molecule has 0 spiro atoms. The monoisotopic (exact) mass is 253 g/mol. The first-order chi connectivity index (χ1) is 8.43. The van der Waals surface area contributed by atoms with Crippen LogP contribution in [0.3, 0.4) is 0 Å². The van der Waals surface area contributed by atoms with E-state index in [1.54, 1.807) is 19.2 Å². The summed E-state index contributed by atoms with van der Waals surface area (Å²) in [7, 11) is 0. The van der Waals surface area contributed by atoms with Crippen LogP contribution in [0.15, 0.2) is 12.3 Å². The number of hydrogen-bond acceptors (Lipinski definition) is 5. The van der Waals surface area contributed by atoms with Gasteiger partial charge in [0, 0.05) is 23.9 Å². The van der Waals surface area contributed by atoms with Crippen LogP contribution in [0.5, 0.6) is 0 Å². The number of aromatic nitrogens is 1. The minimum Gasteiger partial charge on any atom is -0.396 e. The van der Waals surface area contributed by atoms with Crippen LogP contribution in [0, 0.1) is 17.0 Å². The number of hydrogen-bond donors (Lipinski definition) is 2. The molecule has 0 radical (unpaired) electrons. The summed E-state index contributed by atoms with van der Waals surface area (Å²) in [6.07, 6.45) is 2.79. The fraction of sp³-hybridized carbons (Fsp3) is 0.583. The minimum absolute atomic E-state index is 0.00452. The van der Waals surface area contributed by atoms with Crippen molar-refractivity contribution < 1.29 is 10.0 Å². The van der Waals surface area contributed by atoms with Crippen LogP contribution in [0.25, 0.3) is 0 Å². The fourth-order valence-corrected chi connectivity index (χ4v) is 1.73. The van der Waals surface area contributed by atoms with Gasteiger partial charge in [0.2, 0.25) is 5.82 Å². The molecular formula is C12H19N3O3. The highest BCUT2D eigenvalue weighted by Gasteiger charge is 2.27. The van der Waals surface area contributed by atoms with Crippen LogP contribution >= 0.6 is 0 Å². The van der Waals surface area contributed by atoms with Gasteiger partial charge in [-0.25, -0.2) is 4.98 Å². The van der Waals surface area contributed by atoms with E-state index in [1.165, 1.54) is 0 Å². The average molecular weight is 253 g/mol. The molecule has 0 aliphatic heterocycles. The van der Waals surface area contributed by atoms with E-state index in [2.05, 4.69) is 10.3 Å². The van der Waals surface area contributed by atoms with E-state index in [-0.39, 0.29) is 18.1 Å². The van der Waals surface area contributed by atoms with Gasteiger partial charge in [-0.3, -0.25) is 10.1 Å². The topological polar surface area (TPSA) is 88.3 Å². The van der Waals surface area contributed by atoms with E-state index < -0.39 is 10.5 Å². The average Bonchev–Trinajstić information content (AvgIpc) is 2.28. The number of nitrogens with one attached hydrogen (secondary N) is 1. The van der Waals surface area contributed by atoms with Gasteiger partial charge in [0.25, 0.3) is 0 Å². The number of aliphatic hydroxyl groups is 1. The Balaban J connectivity index is 3.10. The predicted octanol–water partition coefficient (Wildman–Crippen LogP) is 2.26. The van der Waals surface area contributed by atoms with Gasteiger partial charge in [-0.1, -0.05) is 6.92 Å². The smallest absolute Gasteiger partial charge is 0.314 e. The summed E-state index contributed by atoms with van der Waals surface area (Å²) in [5, 5.41) is 23.2. The molecule has 18 heavy (non-hydrogen) atoms. The first-order valence-corrected chi connectivity index (χ1v) is 5.92. The van der Waals surface area contributed by atoms with Gasteiger partial charge in [0.05, 0.1) is 4.92 Å². The van der Waals surface area contributed by atoms with Crippen LogP contribution in [-0.2, 0) is 0 Å². The molecule has 0 bridgehead atoms. The molecule has 0 fully saturated rings. The van der Waals surface area contributed by atoms with E-state index in [9.17, 15) is 10.1 Å². The van der Waals surface area contributed by atoms with Gasteiger partial charge in [-0.05, 0) is 32.8 Å². The number of nitro groups is 1. The van der Waals surface area contributed by atoms with Crippen molar-refractivity contribution in [1.29, 1.82) is 0 Å². The van der Waals surface area contributed by atoms with Crippen molar-refractivity contribution in [2.24, 2.45) is 0 Å². The second-order valence-corrected chi connectivity index (χ2v) is 4.59. The number of aliphatic hydroxyl groups excluding tert-OH is 1. The van der Waals surface area contributed by atoms with Crippen LogP contribution < -0.4 is 5.32 Å². The molecule has 1 aromatic heterocycles. The standard InChI is InChI=1S/C12H19N3O3/c1-4-12(3,6-8-16)14-11-10(15(17)18)9(2)5-7-13-11/h5,7,16H,4,6,8H2,1-3H3,(H,13,14). The maximum atomic E-state index is 11.1. The molecule has 1 unspecified atom stereocenters. The Hall–Kier alpha value is -1.69. The lowest BCUT2D eigenvalue weighted by Gasteiger charge is -2.29. The zero-order chi connectivity index (χ0) is 13.8. The molecule has 1 rings (SSSR count). The van der Waals surface area contributed by atoms with E-state index in [0.29, 0.717) is 12.0 Å². The van der Waals surface area contributed by atoms with Crippen molar-refractivity contribution in [3.8, 4) is 0 Å². The van der Waals surface area contributed by atoms with Crippen LogP contribution in [-0.4, -0.2) is 27.2 Å². The van der Waals surface area contributed by atoms with Crippen LogP contribution in [0.1, 0.15) is 32.3 Å². The van der Waals surface area contributed by atoms with Gasteiger partial charge in [0.1, 0.15) is 0 Å². The lowest BCUT2D eigenvalue weighted by atomic mass is 9.95. The highest BCUT2D eigenvalue weighted by Crippen LogP contribution is 2.29. The van der Waals surface area contributed by atoms with E-state index >= 15 is 0 Å². The molecule has 0 saturated carbocycles. The normalized spacial score (nSPS) is 14.0. The Morgan fingerprint density at radius 1 is 1.61 bits per heavy atom. The molecular weight excluding hydrogens is 234 g/mol. The van der Waals surface area contributed by atoms with E-state index in [1.807, 2.05) is 13.8 Å². The molecule has 0 aliphatic rings. The van der Waals surface area contributed by atoms with Crippen molar-refractivity contribution in [2.75, 3.05) is 11.9 Å². The molecule has 1 heterocycles. The van der Waals surface area contributed by atoms with Crippen molar-refractivity contribution in [1.82, 2.24) is 4.98 Å². The highest BCUT2D eigenvalue weighted by atomic mass is 16.6. The quantitative estimate of drug-likeness (QED) is 0.599. The number of rotatable bonds is 6. The fourth-order valence-electron chi connectivity index (χ4n) is 1.73. The predicted molar refractivity (Wildman–Crippen MR) is 69.6 cm³/mol. The summed E-state index contributed by atoms with van der Waals surface area (Å²) in [4.78, 5) is 14.7. The van der Waals surface area contributed by atoms with Crippen LogP contribution in [0.2, 0.25) is 0 Å². The van der Waals surface area contributed by atoms with Crippen molar-refractivity contribution >= 4 is 11.5 Å². The Morgan fingerprint density at radius 3 is 2.78 bits per heavy atom. The second kappa shape index (κ2) is 5.77. The molecule has 6 nitrogen and oxygen atoms in total. The van der Waals surface area contributed by atoms with E-state index in [0.717, 1.165) is 6.42 Å². The number of anilines is 1. The second-order valence-electron chi connectivity index (χ2n) is 4.59. The Labute approximate surface area is 106 Å². The Bertz CT molecular complexity index is 437. The first kappa shape index (κ1) is 14.4. The summed E-state index contributed by atoms with van der Waals surface area (Å²) >= 11 is 0. The molecule has 0 amide bonds. The van der Waals surface area contributed by atoms with E-state index in [4.69, 9.17) is 5.11 Å². The largest absolute Gasteiger partial charge is 0.396 e. The molecule has 0 saturated heterocycles. The highest BCUT2D eigenvalue weighted by molar-refractivity contribution is 5.60. The van der Waals surface area contributed by atoms with Crippen molar-refractivity contribution in [3.05, 3.63) is 27.9 Å². The third-order valence-corrected chi connectivity index (χ3v) is 3.17. The lowest BCUT2D eigenvalue weighted by Crippen LogP contribution is -2.35. The summed E-state index contributed by atoms with van der Waals surface area (Å²) in [5.41, 5.74) is 0.162. The Kier molecular flexibility index (Phi) is 4.61. The minimum atomic E-state index is -0.431. The lowest BCUT2D eigenvalue weighted by molar-refractivity contribution is -0.384. The molecule has 1 atom stereocenters. The summed E-state index contributed by atoms with van der Waals surface area (Å²) in [5.74, 6) is 0.262. The summed E-state index contributed by atoms with van der Waals surface area (Å²) in [6.45, 7) is 5.58. The summed E-state index contributed by atoms with van der Waals surface area (Å²) < 4.78 is 0. The van der Waals surface area contributed by atoms with Gasteiger partial charge in [-0.2, -0.15) is 0 Å². The van der Waals surface area contributed by atoms with Gasteiger partial charge < -0.3 is 10.4 Å². The molecule has 6 heteroatoms. The molecule has 100 valence electrons. The maximum absolute atomic E-state index is 11.1. The van der Waals surface area contributed by atoms with Crippen LogP contribution in [0.4, 0.5) is 11.5 Å². The number of aryl methyl sites for hydroxylation is 1.